The standard InChI is InChI=1S/C18H22N2O4S/c1-5-14-19-11(2)16(25-14)17(23)20-18(3,10-15(21)22)12-7-6-8-13(9-12)24-4/h6-9H,5,10H2,1-4H3,(H,20,23)(H,21,22). The van der Waals surface area contributed by atoms with Gasteiger partial charge in [-0.2, -0.15) is 0 Å². The van der Waals surface area contributed by atoms with Crippen molar-refractivity contribution < 1.29 is 19.4 Å². The summed E-state index contributed by atoms with van der Waals surface area (Å²) in [7, 11) is 1.54. The van der Waals surface area contributed by atoms with Gasteiger partial charge in [0.2, 0.25) is 0 Å². The highest BCUT2D eigenvalue weighted by Gasteiger charge is 2.33. The number of benzene rings is 1. The molecule has 0 spiro atoms. The average molecular weight is 362 g/mol. The van der Waals surface area contributed by atoms with E-state index in [9.17, 15) is 14.7 Å². The molecule has 25 heavy (non-hydrogen) atoms. The van der Waals surface area contributed by atoms with Crippen LogP contribution in [0.25, 0.3) is 0 Å². The maximum atomic E-state index is 12.8. The summed E-state index contributed by atoms with van der Waals surface area (Å²) in [5.41, 5.74) is 0.253. The van der Waals surface area contributed by atoms with Crippen molar-refractivity contribution in [3.63, 3.8) is 0 Å². The molecular formula is C18H22N2O4S. The second-order valence-corrected chi connectivity index (χ2v) is 7.05. The largest absolute Gasteiger partial charge is 0.497 e. The number of thiazole rings is 1. The summed E-state index contributed by atoms with van der Waals surface area (Å²) in [4.78, 5) is 29.0. The van der Waals surface area contributed by atoms with E-state index < -0.39 is 11.5 Å². The third-order valence-corrected chi connectivity index (χ3v) is 5.25. The second kappa shape index (κ2) is 7.65. The number of aromatic nitrogens is 1. The molecule has 0 saturated carbocycles. The first-order valence-corrected chi connectivity index (χ1v) is 8.76. The molecule has 1 aromatic carbocycles. The summed E-state index contributed by atoms with van der Waals surface area (Å²) < 4.78 is 5.21. The minimum Gasteiger partial charge on any atom is -0.497 e. The third-order valence-electron chi connectivity index (χ3n) is 3.95. The van der Waals surface area contributed by atoms with Crippen LogP contribution in [-0.4, -0.2) is 29.1 Å². The summed E-state index contributed by atoms with van der Waals surface area (Å²) in [6.45, 7) is 5.46. The summed E-state index contributed by atoms with van der Waals surface area (Å²) in [5, 5.41) is 13.1. The Kier molecular flexibility index (Phi) is 5.79. The Morgan fingerprint density at radius 2 is 2.12 bits per heavy atom. The smallest absolute Gasteiger partial charge is 0.306 e. The van der Waals surface area contributed by atoms with Gasteiger partial charge in [0, 0.05) is 0 Å². The number of methoxy groups -OCH3 is 1. The number of hydrogen-bond donors (Lipinski definition) is 2. The SMILES string of the molecule is CCc1nc(C)c(C(=O)NC(C)(CC(=O)O)c2cccc(OC)c2)s1. The van der Waals surface area contributed by atoms with Crippen molar-refractivity contribution in [3.05, 3.63) is 45.4 Å². The van der Waals surface area contributed by atoms with Gasteiger partial charge in [0.05, 0.1) is 29.8 Å². The van der Waals surface area contributed by atoms with Crippen LogP contribution in [0.3, 0.4) is 0 Å². The number of aliphatic carboxylic acids is 1. The highest BCUT2D eigenvalue weighted by molar-refractivity contribution is 7.13. The monoisotopic (exact) mass is 362 g/mol. The fourth-order valence-electron chi connectivity index (χ4n) is 2.61. The number of nitrogens with zero attached hydrogens (tertiary/aromatic N) is 1. The Morgan fingerprint density at radius 3 is 2.68 bits per heavy atom. The van der Waals surface area contributed by atoms with Crippen LogP contribution in [0.5, 0.6) is 5.75 Å². The van der Waals surface area contributed by atoms with E-state index in [1.807, 2.05) is 6.92 Å². The lowest BCUT2D eigenvalue weighted by atomic mass is 9.88. The Hall–Kier alpha value is -2.41. The zero-order valence-corrected chi connectivity index (χ0v) is 15.6. The number of carboxylic acid groups (broad SMARTS) is 1. The number of carbonyl (C=O) groups is 2. The molecule has 0 saturated heterocycles. The van der Waals surface area contributed by atoms with E-state index in [-0.39, 0.29) is 12.3 Å². The molecule has 1 unspecified atom stereocenters. The molecule has 0 aliphatic rings. The van der Waals surface area contributed by atoms with Gasteiger partial charge < -0.3 is 15.2 Å². The maximum absolute atomic E-state index is 12.8. The van der Waals surface area contributed by atoms with Gasteiger partial charge in [-0.05, 0) is 38.0 Å². The zero-order chi connectivity index (χ0) is 18.6. The van der Waals surface area contributed by atoms with Gasteiger partial charge in [0.1, 0.15) is 10.6 Å². The molecule has 134 valence electrons. The molecule has 0 aliphatic heterocycles. The molecule has 1 heterocycles. The van der Waals surface area contributed by atoms with Gasteiger partial charge in [0.15, 0.2) is 0 Å². The Bertz CT molecular complexity index is 787. The van der Waals surface area contributed by atoms with Gasteiger partial charge in [0.25, 0.3) is 5.91 Å². The zero-order valence-electron chi connectivity index (χ0n) is 14.8. The van der Waals surface area contributed by atoms with E-state index in [1.165, 1.54) is 11.3 Å². The van der Waals surface area contributed by atoms with Crippen molar-refractivity contribution in [1.82, 2.24) is 10.3 Å². The van der Waals surface area contributed by atoms with E-state index in [0.717, 1.165) is 11.4 Å². The number of aryl methyl sites for hydroxylation is 2. The highest BCUT2D eigenvalue weighted by Crippen LogP contribution is 2.29. The number of carboxylic acids is 1. The first kappa shape index (κ1) is 18.9. The summed E-state index contributed by atoms with van der Waals surface area (Å²) in [6.07, 6.45) is 0.505. The third kappa shape index (κ3) is 4.36. The molecule has 1 atom stereocenters. The summed E-state index contributed by atoms with van der Waals surface area (Å²) in [6, 6.07) is 7.06. The van der Waals surface area contributed by atoms with Crippen LogP contribution < -0.4 is 10.1 Å². The van der Waals surface area contributed by atoms with Crippen molar-refractivity contribution in [2.75, 3.05) is 7.11 Å². The first-order valence-electron chi connectivity index (χ1n) is 7.94. The second-order valence-electron chi connectivity index (χ2n) is 5.96. The Balaban J connectivity index is 2.37. The molecule has 1 amide bonds. The van der Waals surface area contributed by atoms with Gasteiger partial charge in [-0.25, -0.2) is 4.98 Å². The van der Waals surface area contributed by atoms with Crippen LogP contribution in [0.1, 0.15) is 46.2 Å². The lowest BCUT2D eigenvalue weighted by Gasteiger charge is -2.30. The normalized spacial score (nSPS) is 13.1. The van der Waals surface area contributed by atoms with Crippen LogP contribution in [-0.2, 0) is 16.8 Å². The fourth-order valence-corrected chi connectivity index (χ4v) is 3.51. The van der Waals surface area contributed by atoms with Crippen molar-refractivity contribution in [2.45, 2.75) is 39.2 Å². The van der Waals surface area contributed by atoms with Crippen molar-refractivity contribution >= 4 is 23.2 Å². The molecule has 7 heteroatoms. The average Bonchev–Trinajstić information content (AvgIpc) is 2.95. The van der Waals surface area contributed by atoms with Crippen molar-refractivity contribution in [3.8, 4) is 5.75 Å². The fraction of sp³-hybridized carbons (Fsp3) is 0.389. The Morgan fingerprint density at radius 1 is 1.40 bits per heavy atom. The molecule has 0 radical (unpaired) electrons. The molecule has 0 fully saturated rings. The molecule has 6 nitrogen and oxygen atoms in total. The highest BCUT2D eigenvalue weighted by atomic mass is 32.1. The number of amides is 1. The van der Waals surface area contributed by atoms with E-state index in [2.05, 4.69) is 10.3 Å². The minimum absolute atomic E-state index is 0.246. The van der Waals surface area contributed by atoms with E-state index >= 15 is 0 Å². The molecule has 0 aliphatic carbocycles. The van der Waals surface area contributed by atoms with Crippen molar-refractivity contribution in [1.29, 1.82) is 0 Å². The molecular weight excluding hydrogens is 340 g/mol. The van der Waals surface area contributed by atoms with Gasteiger partial charge >= 0.3 is 5.97 Å². The van der Waals surface area contributed by atoms with E-state index in [0.29, 0.717) is 21.9 Å². The van der Waals surface area contributed by atoms with Crippen LogP contribution in [0.15, 0.2) is 24.3 Å². The van der Waals surface area contributed by atoms with Crippen LogP contribution >= 0.6 is 11.3 Å². The topological polar surface area (TPSA) is 88.5 Å². The number of ether oxygens (including phenoxy) is 1. The molecule has 0 bridgehead atoms. The summed E-state index contributed by atoms with van der Waals surface area (Å²) >= 11 is 1.33. The Labute approximate surface area is 150 Å². The molecule has 2 rings (SSSR count). The quantitative estimate of drug-likeness (QED) is 0.790. The van der Waals surface area contributed by atoms with Crippen LogP contribution in [0.4, 0.5) is 0 Å². The first-order chi connectivity index (χ1) is 11.8. The maximum Gasteiger partial charge on any atom is 0.306 e. The number of nitrogens with one attached hydrogen (secondary N) is 1. The van der Waals surface area contributed by atoms with Crippen molar-refractivity contribution in [2.24, 2.45) is 0 Å². The minimum atomic E-state index is -1.07. The lowest BCUT2D eigenvalue weighted by molar-refractivity contribution is -0.138. The van der Waals surface area contributed by atoms with Crippen LogP contribution in [0, 0.1) is 6.92 Å². The number of carbonyl (C=O) groups excluding carboxylic acids is 1. The number of rotatable bonds is 7. The predicted molar refractivity (Wildman–Crippen MR) is 96.3 cm³/mol. The van der Waals surface area contributed by atoms with Gasteiger partial charge in [-0.1, -0.05) is 19.1 Å². The van der Waals surface area contributed by atoms with Crippen LogP contribution in [0.2, 0.25) is 0 Å². The summed E-state index contributed by atoms with van der Waals surface area (Å²) in [5.74, 6) is -0.715. The lowest BCUT2D eigenvalue weighted by Crippen LogP contribution is -2.45. The predicted octanol–water partition coefficient (Wildman–Crippen LogP) is 3.14. The van der Waals surface area contributed by atoms with Gasteiger partial charge in [-0.3, -0.25) is 9.59 Å². The van der Waals surface area contributed by atoms with E-state index in [4.69, 9.17) is 4.74 Å². The molecule has 1 aromatic heterocycles. The van der Waals surface area contributed by atoms with Gasteiger partial charge in [-0.15, -0.1) is 11.3 Å². The van der Waals surface area contributed by atoms with E-state index in [1.54, 1.807) is 45.2 Å². The molecule has 2 N–H and O–H groups in total. The number of hydrogen-bond acceptors (Lipinski definition) is 5. The molecule has 2 aromatic rings.